The lowest BCUT2D eigenvalue weighted by Gasteiger charge is -2.07. The minimum absolute atomic E-state index is 0.103. The van der Waals surface area contributed by atoms with Gasteiger partial charge in [0.25, 0.3) is 5.91 Å². The third-order valence-corrected chi connectivity index (χ3v) is 2.24. The molecular weight excluding hydrogens is 241 g/mol. The van der Waals surface area contributed by atoms with Crippen LogP contribution in [0.25, 0.3) is 0 Å². The van der Waals surface area contributed by atoms with Crippen molar-refractivity contribution in [1.29, 1.82) is 0 Å². The number of anilines is 1. The van der Waals surface area contributed by atoms with Gasteiger partial charge in [0, 0.05) is 0 Å². The molecule has 0 saturated heterocycles. The predicted molar refractivity (Wildman–Crippen MR) is 60.0 cm³/mol. The van der Waals surface area contributed by atoms with E-state index in [0.717, 1.165) is 18.2 Å². The summed E-state index contributed by atoms with van der Waals surface area (Å²) in [5.74, 6) is -2.46. The number of carbonyl (C=O) groups excluding carboxylic acids is 1. The summed E-state index contributed by atoms with van der Waals surface area (Å²) in [6.07, 6.45) is 2.51. The van der Waals surface area contributed by atoms with Crippen molar-refractivity contribution in [2.75, 3.05) is 5.32 Å². The molecule has 18 heavy (non-hydrogen) atoms. The van der Waals surface area contributed by atoms with E-state index in [1.165, 1.54) is 18.6 Å². The summed E-state index contributed by atoms with van der Waals surface area (Å²) in [6.45, 7) is 0. The SMILES string of the molecule is O=C(Nc1cc(F)ccc1C(=O)O)c1ccoc1. The van der Waals surface area contributed by atoms with Crippen LogP contribution in [0.4, 0.5) is 10.1 Å². The Morgan fingerprint density at radius 3 is 2.67 bits per heavy atom. The molecule has 1 aromatic heterocycles. The Labute approximate surface area is 101 Å². The number of rotatable bonds is 3. The molecule has 1 heterocycles. The number of halogens is 1. The van der Waals surface area contributed by atoms with Crippen molar-refractivity contribution in [3.63, 3.8) is 0 Å². The molecule has 0 atom stereocenters. The second-order valence-corrected chi connectivity index (χ2v) is 3.46. The summed E-state index contributed by atoms with van der Waals surface area (Å²) in [7, 11) is 0. The van der Waals surface area contributed by atoms with Crippen LogP contribution < -0.4 is 5.32 Å². The topological polar surface area (TPSA) is 79.5 Å². The fourth-order valence-corrected chi connectivity index (χ4v) is 1.39. The van der Waals surface area contributed by atoms with Crippen molar-refractivity contribution < 1.29 is 23.5 Å². The number of carboxylic acids is 1. The molecule has 0 radical (unpaired) electrons. The zero-order valence-corrected chi connectivity index (χ0v) is 9.01. The highest BCUT2D eigenvalue weighted by molar-refractivity contribution is 6.07. The van der Waals surface area contributed by atoms with Crippen molar-refractivity contribution in [3.8, 4) is 0 Å². The number of nitrogens with one attached hydrogen (secondary N) is 1. The van der Waals surface area contributed by atoms with E-state index in [9.17, 15) is 14.0 Å². The van der Waals surface area contributed by atoms with Crippen molar-refractivity contribution in [1.82, 2.24) is 0 Å². The molecule has 0 aliphatic heterocycles. The molecular formula is C12H8FNO4. The van der Waals surface area contributed by atoms with Crippen molar-refractivity contribution in [3.05, 3.63) is 53.7 Å². The number of hydrogen-bond donors (Lipinski definition) is 2. The molecule has 0 spiro atoms. The molecule has 1 amide bonds. The van der Waals surface area contributed by atoms with Crippen molar-refractivity contribution in [2.24, 2.45) is 0 Å². The number of amides is 1. The van der Waals surface area contributed by atoms with Gasteiger partial charge in [-0.25, -0.2) is 9.18 Å². The van der Waals surface area contributed by atoms with E-state index in [-0.39, 0.29) is 16.8 Å². The van der Waals surface area contributed by atoms with E-state index in [0.29, 0.717) is 0 Å². The molecule has 0 saturated carbocycles. The smallest absolute Gasteiger partial charge is 0.337 e. The first-order chi connectivity index (χ1) is 8.58. The Balaban J connectivity index is 2.31. The lowest BCUT2D eigenvalue weighted by atomic mass is 10.1. The van der Waals surface area contributed by atoms with Gasteiger partial charge in [0.2, 0.25) is 0 Å². The normalized spacial score (nSPS) is 10.1. The average Bonchev–Trinajstić information content (AvgIpc) is 2.81. The third-order valence-electron chi connectivity index (χ3n) is 2.24. The summed E-state index contributed by atoms with van der Waals surface area (Å²) in [6, 6.07) is 4.45. The first-order valence-corrected chi connectivity index (χ1v) is 4.94. The highest BCUT2D eigenvalue weighted by atomic mass is 19.1. The van der Waals surface area contributed by atoms with Gasteiger partial charge >= 0.3 is 5.97 Å². The summed E-state index contributed by atoms with van der Waals surface area (Å²) >= 11 is 0. The van der Waals surface area contributed by atoms with Crippen LogP contribution in [-0.2, 0) is 0 Å². The maximum atomic E-state index is 13.0. The quantitative estimate of drug-likeness (QED) is 0.875. The van der Waals surface area contributed by atoms with Crippen molar-refractivity contribution >= 4 is 17.6 Å². The lowest BCUT2D eigenvalue weighted by molar-refractivity contribution is 0.0698. The fourth-order valence-electron chi connectivity index (χ4n) is 1.39. The largest absolute Gasteiger partial charge is 0.478 e. The van der Waals surface area contributed by atoms with Crippen LogP contribution in [0.3, 0.4) is 0 Å². The van der Waals surface area contributed by atoms with Gasteiger partial charge in [0.1, 0.15) is 12.1 Å². The zero-order chi connectivity index (χ0) is 13.1. The minimum atomic E-state index is -1.25. The number of carbonyl (C=O) groups is 2. The first kappa shape index (κ1) is 11.8. The monoisotopic (exact) mass is 249 g/mol. The Morgan fingerprint density at radius 2 is 2.06 bits per heavy atom. The fraction of sp³-hybridized carbons (Fsp3) is 0. The number of furan rings is 1. The van der Waals surface area contributed by atoms with Crippen LogP contribution in [-0.4, -0.2) is 17.0 Å². The third kappa shape index (κ3) is 2.37. The standard InChI is InChI=1S/C12H8FNO4/c13-8-1-2-9(12(16)17)10(5-8)14-11(15)7-3-4-18-6-7/h1-6H,(H,14,15)(H,16,17). The number of hydrogen-bond acceptors (Lipinski definition) is 3. The molecule has 0 aliphatic rings. The second-order valence-electron chi connectivity index (χ2n) is 3.46. The van der Waals surface area contributed by atoms with Gasteiger partial charge < -0.3 is 14.8 Å². The van der Waals surface area contributed by atoms with E-state index >= 15 is 0 Å². The summed E-state index contributed by atoms with van der Waals surface area (Å²) in [5, 5.41) is 11.2. The maximum Gasteiger partial charge on any atom is 0.337 e. The summed E-state index contributed by atoms with van der Waals surface area (Å²) < 4.78 is 17.8. The van der Waals surface area contributed by atoms with Crippen molar-refractivity contribution in [2.45, 2.75) is 0 Å². The Kier molecular flexibility index (Phi) is 3.09. The Morgan fingerprint density at radius 1 is 1.28 bits per heavy atom. The molecule has 0 fully saturated rings. The Bertz CT molecular complexity index is 592. The van der Waals surface area contributed by atoms with Gasteiger partial charge in [-0.3, -0.25) is 4.79 Å². The van der Waals surface area contributed by atoms with E-state index in [2.05, 4.69) is 5.32 Å². The zero-order valence-electron chi connectivity index (χ0n) is 9.01. The average molecular weight is 249 g/mol. The summed E-state index contributed by atoms with van der Waals surface area (Å²) in [5.41, 5.74) is -0.0717. The molecule has 0 unspecified atom stereocenters. The van der Waals surface area contributed by atoms with E-state index in [1.54, 1.807) is 0 Å². The van der Waals surface area contributed by atoms with Gasteiger partial charge in [-0.1, -0.05) is 0 Å². The number of aromatic carboxylic acids is 1. The van der Waals surface area contributed by atoms with Gasteiger partial charge in [-0.15, -0.1) is 0 Å². The lowest BCUT2D eigenvalue weighted by Crippen LogP contribution is -2.14. The van der Waals surface area contributed by atoms with Gasteiger partial charge in [-0.05, 0) is 24.3 Å². The van der Waals surface area contributed by atoms with Crippen LogP contribution >= 0.6 is 0 Å². The molecule has 6 heteroatoms. The summed E-state index contributed by atoms with van der Waals surface area (Å²) in [4.78, 5) is 22.6. The van der Waals surface area contributed by atoms with Crippen LogP contribution in [0, 0.1) is 5.82 Å². The predicted octanol–water partition coefficient (Wildman–Crippen LogP) is 2.37. The van der Waals surface area contributed by atoms with Crippen LogP contribution in [0.15, 0.2) is 41.2 Å². The van der Waals surface area contributed by atoms with E-state index < -0.39 is 17.7 Å². The minimum Gasteiger partial charge on any atom is -0.478 e. The van der Waals surface area contributed by atoms with E-state index in [4.69, 9.17) is 9.52 Å². The molecule has 92 valence electrons. The molecule has 2 aromatic rings. The van der Waals surface area contributed by atoms with Crippen LogP contribution in [0.5, 0.6) is 0 Å². The molecule has 5 nitrogen and oxygen atoms in total. The van der Waals surface area contributed by atoms with Crippen LogP contribution in [0.1, 0.15) is 20.7 Å². The first-order valence-electron chi connectivity index (χ1n) is 4.94. The molecule has 2 N–H and O–H groups in total. The van der Waals surface area contributed by atoms with Crippen LogP contribution in [0.2, 0.25) is 0 Å². The van der Waals surface area contributed by atoms with E-state index in [1.807, 2.05) is 0 Å². The van der Waals surface area contributed by atoms with Gasteiger partial charge in [0.15, 0.2) is 0 Å². The highest BCUT2D eigenvalue weighted by Gasteiger charge is 2.14. The second kappa shape index (κ2) is 4.70. The number of benzene rings is 1. The number of carboxylic acid groups (broad SMARTS) is 1. The molecule has 0 bridgehead atoms. The maximum absolute atomic E-state index is 13.0. The molecule has 2 rings (SSSR count). The molecule has 0 aliphatic carbocycles. The van der Waals surface area contributed by atoms with Gasteiger partial charge in [-0.2, -0.15) is 0 Å². The Hall–Kier alpha value is -2.63. The van der Waals surface area contributed by atoms with Gasteiger partial charge in [0.05, 0.1) is 23.1 Å². The highest BCUT2D eigenvalue weighted by Crippen LogP contribution is 2.18. The molecule has 1 aromatic carbocycles.